The molecule has 0 saturated heterocycles. The topological polar surface area (TPSA) is 35.8 Å². The third kappa shape index (κ3) is 2.61. The minimum absolute atomic E-state index is 0.384. The van der Waals surface area contributed by atoms with Gasteiger partial charge in [-0.2, -0.15) is 17.0 Å². The number of halogens is 1. The van der Waals surface area contributed by atoms with Crippen molar-refractivity contribution in [3.8, 4) is 6.07 Å². The molecule has 1 aliphatic carbocycles. The summed E-state index contributed by atoms with van der Waals surface area (Å²) in [7, 11) is 0. The largest absolute Gasteiger partial charge is 0.383 e. The molecule has 0 aliphatic heterocycles. The molecule has 0 bridgehead atoms. The molecule has 4 heteroatoms. The molecule has 0 atom stereocenters. The number of benzene rings is 1. The summed E-state index contributed by atoms with van der Waals surface area (Å²) in [5.74, 6) is 0. The average Bonchev–Trinajstić information content (AvgIpc) is 2.28. The van der Waals surface area contributed by atoms with E-state index in [-0.39, 0.29) is 0 Å². The standard InChI is InChI=1S/C13H15BrN2S/c1-17-13(6-3-7-13)9-16-12-5-2-4-11(14)10(12)8-15/h2,4-5,16H,3,6-7,9H2,1H3. The van der Waals surface area contributed by atoms with Crippen molar-refractivity contribution >= 4 is 33.4 Å². The smallest absolute Gasteiger partial charge is 0.103 e. The van der Waals surface area contributed by atoms with Gasteiger partial charge in [-0.15, -0.1) is 0 Å². The maximum absolute atomic E-state index is 9.13. The van der Waals surface area contributed by atoms with E-state index >= 15 is 0 Å². The second-order valence-corrected chi connectivity index (χ2v) is 6.50. The van der Waals surface area contributed by atoms with Gasteiger partial charge in [0.15, 0.2) is 0 Å². The Balaban J connectivity index is 2.09. The Hall–Kier alpha value is -0.660. The summed E-state index contributed by atoms with van der Waals surface area (Å²) >= 11 is 5.35. The number of hydrogen-bond acceptors (Lipinski definition) is 3. The van der Waals surface area contributed by atoms with Gasteiger partial charge in [0.1, 0.15) is 6.07 Å². The second kappa shape index (κ2) is 5.32. The molecule has 1 fully saturated rings. The molecule has 0 amide bonds. The zero-order chi connectivity index (χ0) is 12.3. The first-order valence-electron chi connectivity index (χ1n) is 5.68. The van der Waals surface area contributed by atoms with E-state index in [1.165, 1.54) is 19.3 Å². The van der Waals surface area contributed by atoms with Crippen LogP contribution in [0.1, 0.15) is 24.8 Å². The van der Waals surface area contributed by atoms with Crippen LogP contribution < -0.4 is 5.32 Å². The molecule has 2 nitrogen and oxygen atoms in total. The average molecular weight is 311 g/mol. The molecule has 1 N–H and O–H groups in total. The first kappa shape index (κ1) is 12.8. The molecule has 17 heavy (non-hydrogen) atoms. The van der Waals surface area contributed by atoms with E-state index < -0.39 is 0 Å². The highest BCUT2D eigenvalue weighted by Gasteiger charge is 2.35. The highest BCUT2D eigenvalue weighted by Crippen LogP contribution is 2.43. The summed E-state index contributed by atoms with van der Waals surface area (Å²) in [5.41, 5.74) is 1.63. The molecule has 90 valence electrons. The lowest BCUT2D eigenvalue weighted by Gasteiger charge is -2.40. The quantitative estimate of drug-likeness (QED) is 0.912. The Morgan fingerprint density at radius 1 is 1.53 bits per heavy atom. The lowest BCUT2D eigenvalue weighted by atomic mass is 9.84. The zero-order valence-corrected chi connectivity index (χ0v) is 12.2. The van der Waals surface area contributed by atoms with Gasteiger partial charge in [-0.3, -0.25) is 0 Å². The fourth-order valence-electron chi connectivity index (χ4n) is 2.07. The Bertz CT molecular complexity index is 444. The van der Waals surface area contributed by atoms with E-state index in [0.717, 1.165) is 16.7 Å². The number of nitrogens with one attached hydrogen (secondary N) is 1. The van der Waals surface area contributed by atoms with E-state index in [1.54, 1.807) is 0 Å². The Kier molecular flexibility index (Phi) is 4.01. The zero-order valence-electron chi connectivity index (χ0n) is 9.79. The summed E-state index contributed by atoms with van der Waals surface area (Å²) in [6, 6.07) is 8.06. The molecular formula is C13H15BrN2S. The van der Waals surface area contributed by atoms with Crippen molar-refractivity contribution in [1.82, 2.24) is 0 Å². The first-order valence-corrected chi connectivity index (χ1v) is 7.70. The normalized spacial score (nSPS) is 17.0. The van der Waals surface area contributed by atoms with Crippen molar-refractivity contribution in [2.24, 2.45) is 0 Å². The Labute approximate surface area is 115 Å². The number of nitriles is 1. The number of nitrogens with zero attached hydrogens (tertiary/aromatic N) is 1. The summed E-state index contributed by atoms with van der Waals surface area (Å²) < 4.78 is 1.24. The van der Waals surface area contributed by atoms with Crippen molar-refractivity contribution in [1.29, 1.82) is 5.26 Å². The molecule has 0 heterocycles. The number of anilines is 1. The van der Waals surface area contributed by atoms with Crippen LogP contribution in [0.15, 0.2) is 22.7 Å². The minimum Gasteiger partial charge on any atom is -0.383 e. The van der Waals surface area contributed by atoms with Crippen LogP contribution in [0.2, 0.25) is 0 Å². The van der Waals surface area contributed by atoms with Crippen LogP contribution in [0.3, 0.4) is 0 Å². The van der Waals surface area contributed by atoms with Crippen LogP contribution in [0.5, 0.6) is 0 Å². The van der Waals surface area contributed by atoms with E-state index in [2.05, 4.69) is 33.6 Å². The predicted octanol–water partition coefficient (Wildman–Crippen LogP) is 4.02. The molecule has 1 aromatic rings. The van der Waals surface area contributed by atoms with Crippen LogP contribution in [-0.4, -0.2) is 17.5 Å². The van der Waals surface area contributed by atoms with E-state index in [9.17, 15) is 0 Å². The SMILES string of the molecule is CSC1(CNc2cccc(Br)c2C#N)CCC1. The van der Waals surface area contributed by atoms with Crippen LogP contribution >= 0.6 is 27.7 Å². The highest BCUT2D eigenvalue weighted by atomic mass is 79.9. The lowest BCUT2D eigenvalue weighted by molar-refractivity contribution is 0.380. The van der Waals surface area contributed by atoms with Gasteiger partial charge in [-0.25, -0.2) is 0 Å². The van der Waals surface area contributed by atoms with Crippen molar-refractivity contribution in [2.75, 3.05) is 18.1 Å². The second-order valence-electron chi connectivity index (χ2n) is 4.37. The first-order chi connectivity index (χ1) is 8.21. The van der Waals surface area contributed by atoms with Gasteiger partial charge < -0.3 is 5.32 Å². The van der Waals surface area contributed by atoms with Gasteiger partial charge in [0, 0.05) is 15.8 Å². The lowest BCUT2D eigenvalue weighted by Crippen LogP contribution is -2.40. The third-order valence-corrected chi connectivity index (χ3v) is 5.50. The molecular weight excluding hydrogens is 296 g/mol. The van der Waals surface area contributed by atoms with Gasteiger partial charge in [0.25, 0.3) is 0 Å². The van der Waals surface area contributed by atoms with Crippen molar-refractivity contribution in [2.45, 2.75) is 24.0 Å². The Morgan fingerprint density at radius 2 is 2.29 bits per heavy atom. The Morgan fingerprint density at radius 3 is 2.82 bits per heavy atom. The maximum Gasteiger partial charge on any atom is 0.103 e. The van der Waals surface area contributed by atoms with Crippen LogP contribution in [-0.2, 0) is 0 Å². The summed E-state index contributed by atoms with van der Waals surface area (Å²) in [4.78, 5) is 0. The fraction of sp³-hybridized carbons (Fsp3) is 0.462. The van der Waals surface area contributed by atoms with E-state index in [4.69, 9.17) is 5.26 Å². The third-order valence-electron chi connectivity index (χ3n) is 3.42. The van der Waals surface area contributed by atoms with Crippen molar-refractivity contribution in [3.05, 3.63) is 28.2 Å². The van der Waals surface area contributed by atoms with Crippen molar-refractivity contribution in [3.63, 3.8) is 0 Å². The van der Waals surface area contributed by atoms with Crippen LogP contribution in [0, 0.1) is 11.3 Å². The number of thioether (sulfide) groups is 1. The molecule has 2 rings (SSSR count). The van der Waals surface area contributed by atoms with Gasteiger partial charge in [-0.05, 0) is 47.2 Å². The van der Waals surface area contributed by atoms with Gasteiger partial charge in [0.05, 0.1) is 11.3 Å². The molecule has 0 radical (unpaired) electrons. The molecule has 1 saturated carbocycles. The summed E-state index contributed by atoms with van der Waals surface area (Å²) in [6.07, 6.45) is 6.05. The van der Waals surface area contributed by atoms with Crippen LogP contribution in [0.4, 0.5) is 5.69 Å². The molecule has 0 unspecified atom stereocenters. The minimum atomic E-state index is 0.384. The predicted molar refractivity (Wildman–Crippen MR) is 77.4 cm³/mol. The summed E-state index contributed by atoms with van der Waals surface area (Å²) in [6.45, 7) is 0.944. The number of hydrogen-bond donors (Lipinski definition) is 1. The van der Waals surface area contributed by atoms with Gasteiger partial charge in [-0.1, -0.05) is 12.5 Å². The molecule has 1 aliphatic rings. The van der Waals surface area contributed by atoms with Gasteiger partial charge in [0.2, 0.25) is 0 Å². The maximum atomic E-state index is 9.13. The summed E-state index contributed by atoms with van der Waals surface area (Å²) in [5, 5.41) is 12.6. The van der Waals surface area contributed by atoms with Crippen LogP contribution in [0.25, 0.3) is 0 Å². The van der Waals surface area contributed by atoms with Gasteiger partial charge >= 0.3 is 0 Å². The highest BCUT2D eigenvalue weighted by molar-refractivity contribution is 9.10. The van der Waals surface area contributed by atoms with Crippen molar-refractivity contribution < 1.29 is 0 Å². The molecule has 0 aromatic heterocycles. The number of rotatable bonds is 4. The molecule has 1 aromatic carbocycles. The fourth-order valence-corrected chi connectivity index (χ4v) is 3.43. The van der Waals surface area contributed by atoms with E-state index in [1.807, 2.05) is 30.0 Å². The monoisotopic (exact) mass is 310 g/mol. The molecule has 0 spiro atoms. The van der Waals surface area contributed by atoms with E-state index in [0.29, 0.717) is 10.3 Å².